The van der Waals surface area contributed by atoms with E-state index < -0.39 is 0 Å². The Morgan fingerprint density at radius 3 is 2.90 bits per heavy atom. The standard InChI is InChI=1S/C18H23N3/c1-13-6-7-17-16(11-13)5-4-10-21(17)18-12-15(8-9-20-18)14(2)19-3/h6-9,11-12,14,19H,4-5,10H2,1-3H3. The van der Waals surface area contributed by atoms with Crippen LogP contribution in [-0.2, 0) is 6.42 Å². The predicted molar refractivity (Wildman–Crippen MR) is 88.2 cm³/mol. The average Bonchev–Trinajstić information content (AvgIpc) is 2.53. The number of aryl methyl sites for hydroxylation is 2. The summed E-state index contributed by atoms with van der Waals surface area (Å²) in [5.41, 5.74) is 5.37. The largest absolute Gasteiger partial charge is 0.326 e. The third kappa shape index (κ3) is 2.79. The van der Waals surface area contributed by atoms with Crippen molar-refractivity contribution < 1.29 is 0 Å². The summed E-state index contributed by atoms with van der Waals surface area (Å²) < 4.78 is 0. The van der Waals surface area contributed by atoms with Gasteiger partial charge in [0, 0.05) is 24.5 Å². The number of anilines is 2. The van der Waals surface area contributed by atoms with Crippen LogP contribution in [-0.4, -0.2) is 18.6 Å². The van der Waals surface area contributed by atoms with Crippen molar-refractivity contribution in [3.05, 3.63) is 53.2 Å². The zero-order chi connectivity index (χ0) is 14.8. The van der Waals surface area contributed by atoms with Gasteiger partial charge in [-0.1, -0.05) is 17.7 Å². The van der Waals surface area contributed by atoms with Crippen molar-refractivity contribution in [2.24, 2.45) is 0 Å². The fraction of sp³-hybridized carbons (Fsp3) is 0.389. The van der Waals surface area contributed by atoms with E-state index in [4.69, 9.17) is 0 Å². The molecule has 0 aliphatic carbocycles. The maximum absolute atomic E-state index is 4.60. The molecule has 1 N–H and O–H groups in total. The molecule has 1 aromatic heterocycles. The topological polar surface area (TPSA) is 28.2 Å². The Hall–Kier alpha value is -1.87. The minimum Gasteiger partial charge on any atom is -0.326 e. The fourth-order valence-electron chi connectivity index (χ4n) is 2.98. The van der Waals surface area contributed by atoms with Gasteiger partial charge in [-0.15, -0.1) is 0 Å². The Labute approximate surface area is 127 Å². The molecular weight excluding hydrogens is 258 g/mol. The predicted octanol–water partition coefficient (Wildman–Crippen LogP) is 3.75. The Morgan fingerprint density at radius 1 is 1.24 bits per heavy atom. The molecule has 0 bridgehead atoms. The van der Waals surface area contributed by atoms with Crippen LogP contribution in [0.1, 0.15) is 36.1 Å². The third-order valence-electron chi connectivity index (χ3n) is 4.33. The first-order chi connectivity index (χ1) is 10.2. The molecule has 3 heteroatoms. The van der Waals surface area contributed by atoms with Crippen LogP contribution in [0.2, 0.25) is 0 Å². The van der Waals surface area contributed by atoms with Crippen LogP contribution >= 0.6 is 0 Å². The van der Waals surface area contributed by atoms with Gasteiger partial charge >= 0.3 is 0 Å². The van der Waals surface area contributed by atoms with Gasteiger partial charge in [0.15, 0.2) is 0 Å². The maximum Gasteiger partial charge on any atom is 0.133 e. The van der Waals surface area contributed by atoms with E-state index in [1.54, 1.807) is 0 Å². The van der Waals surface area contributed by atoms with Crippen LogP contribution in [0.4, 0.5) is 11.5 Å². The molecule has 2 aromatic rings. The van der Waals surface area contributed by atoms with E-state index in [0.717, 1.165) is 12.4 Å². The second kappa shape index (κ2) is 5.86. The van der Waals surface area contributed by atoms with E-state index in [2.05, 4.69) is 59.4 Å². The van der Waals surface area contributed by atoms with E-state index in [9.17, 15) is 0 Å². The van der Waals surface area contributed by atoms with Gasteiger partial charge in [0.25, 0.3) is 0 Å². The van der Waals surface area contributed by atoms with Gasteiger partial charge < -0.3 is 10.2 Å². The van der Waals surface area contributed by atoms with Gasteiger partial charge in [-0.3, -0.25) is 0 Å². The summed E-state index contributed by atoms with van der Waals surface area (Å²) in [6.45, 7) is 5.37. The normalized spacial score (nSPS) is 15.7. The van der Waals surface area contributed by atoms with Gasteiger partial charge in [0.1, 0.15) is 5.82 Å². The molecule has 1 atom stereocenters. The summed E-state index contributed by atoms with van der Waals surface area (Å²) in [6, 6.07) is 11.4. The molecular formula is C18H23N3. The van der Waals surface area contributed by atoms with Crippen LogP contribution in [0.5, 0.6) is 0 Å². The second-order valence-corrected chi connectivity index (χ2v) is 5.85. The molecule has 0 spiro atoms. The summed E-state index contributed by atoms with van der Waals surface area (Å²) >= 11 is 0. The first-order valence-corrected chi connectivity index (χ1v) is 7.69. The molecule has 3 nitrogen and oxygen atoms in total. The SMILES string of the molecule is CNC(C)c1ccnc(N2CCCc3cc(C)ccc32)c1. The molecule has 1 aliphatic rings. The molecule has 1 unspecified atom stereocenters. The number of nitrogens with zero attached hydrogens (tertiary/aromatic N) is 2. The molecule has 0 saturated heterocycles. The highest BCUT2D eigenvalue weighted by atomic mass is 15.2. The summed E-state index contributed by atoms with van der Waals surface area (Å²) in [7, 11) is 1.99. The number of rotatable bonds is 3. The monoisotopic (exact) mass is 281 g/mol. The summed E-state index contributed by atoms with van der Waals surface area (Å²) in [5, 5.41) is 3.29. The van der Waals surface area contributed by atoms with E-state index in [-0.39, 0.29) is 0 Å². The van der Waals surface area contributed by atoms with Crippen molar-refractivity contribution in [2.45, 2.75) is 32.7 Å². The van der Waals surface area contributed by atoms with E-state index in [0.29, 0.717) is 6.04 Å². The van der Waals surface area contributed by atoms with E-state index >= 15 is 0 Å². The van der Waals surface area contributed by atoms with Crippen LogP contribution in [0.15, 0.2) is 36.5 Å². The van der Waals surface area contributed by atoms with Crippen LogP contribution in [0, 0.1) is 6.92 Å². The van der Waals surface area contributed by atoms with Crippen LogP contribution < -0.4 is 10.2 Å². The Bertz CT molecular complexity index is 636. The van der Waals surface area contributed by atoms with E-state index in [1.807, 2.05) is 13.2 Å². The second-order valence-electron chi connectivity index (χ2n) is 5.85. The lowest BCUT2D eigenvalue weighted by molar-refractivity contribution is 0.650. The zero-order valence-electron chi connectivity index (χ0n) is 13.1. The maximum atomic E-state index is 4.60. The Morgan fingerprint density at radius 2 is 2.10 bits per heavy atom. The minimum atomic E-state index is 0.342. The molecule has 2 heterocycles. The lowest BCUT2D eigenvalue weighted by atomic mass is 9.99. The number of hydrogen-bond acceptors (Lipinski definition) is 3. The zero-order valence-corrected chi connectivity index (χ0v) is 13.1. The highest BCUT2D eigenvalue weighted by molar-refractivity contribution is 5.66. The Kier molecular flexibility index (Phi) is 3.93. The summed E-state index contributed by atoms with van der Waals surface area (Å²) in [6.07, 6.45) is 4.27. The van der Waals surface area contributed by atoms with Crippen molar-refractivity contribution in [1.29, 1.82) is 0 Å². The third-order valence-corrected chi connectivity index (χ3v) is 4.33. The van der Waals surface area contributed by atoms with Gasteiger partial charge in [0.05, 0.1) is 0 Å². The van der Waals surface area contributed by atoms with Gasteiger partial charge in [0.2, 0.25) is 0 Å². The summed E-state index contributed by atoms with van der Waals surface area (Å²) in [5.74, 6) is 1.06. The van der Waals surface area contributed by atoms with Crippen molar-refractivity contribution in [2.75, 3.05) is 18.5 Å². The molecule has 1 aromatic carbocycles. The average molecular weight is 281 g/mol. The van der Waals surface area contributed by atoms with Crippen molar-refractivity contribution in [3.63, 3.8) is 0 Å². The lowest BCUT2D eigenvalue weighted by Gasteiger charge is -2.31. The molecule has 3 rings (SSSR count). The number of pyridine rings is 1. The smallest absolute Gasteiger partial charge is 0.133 e. The molecule has 110 valence electrons. The Balaban J connectivity index is 1.99. The van der Waals surface area contributed by atoms with Gasteiger partial charge in [-0.25, -0.2) is 4.98 Å². The molecule has 0 saturated carbocycles. The number of fused-ring (bicyclic) bond motifs is 1. The number of hydrogen-bond donors (Lipinski definition) is 1. The number of benzene rings is 1. The molecule has 0 amide bonds. The van der Waals surface area contributed by atoms with Crippen molar-refractivity contribution in [3.8, 4) is 0 Å². The van der Waals surface area contributed by atoms with Crippen molar-refractivity contribution in [1.82, 2.24) is 10.3 Å². The highest BCUT2D eigenvalue weighted by Gasteiger charge is 2.19. The van der Waals surface area contributed by atoms with Crippen LogP contribution in [0.25, 0.3) is 0 Å². The van der Waals surface area contributed by atoms with Gasteiger partial charge in [-0.2, -0.15) is 0 Å². The van der Waals surface area contributed by atoms with Gasteiger partial charge in [-0.05, 0) is 63.1 Å². The van der Waals surface area contributed by atoms with Crippen molar-refractivity contribution >= 4 is 11.5 Å². The summed E-state index contributed by atoms with van der Waals surface area (Å²) in [4.78, 5) is 6.95. The fourth-order valence-corrected chi connectivity index (χ4v) is 2.98. The van der Waals surface area contributed by atoms with E-state index in [1.165, 1.54) is 35.2 Å². The number of aromatic nitrogens is 1. The first-order valence-electron chi connectivity index (χ1n) is 7.69. The molecule has 0 radical (unpaired) electrons. The molecule has 21 heavy (non-hydrogen) atoms. The lowest BCUT2D eigenvalue weighted by Crippen LogP contribution is -2.25. The quantitative estimate of drug-likeness (QED) is 0.928. The minimum absolute atomic E-state index is 0.342. The number of nitrogens with one attached hydrogen (secondary N) is 1. The highest BCUT2D eigenvalue weighted by Crippen LogP contribution is 2.33. The van der Waals surface area contributed by atoms with Crippen LogP contribution in [0.3, 0.4) is 0 Å². The molecule has 1 aliphatic heterocycles. The first kappa shape index (κ1) is 14.1. The molecule has 0 fully saturated rings.